The largest absolute Gasteiger partial charge is 0.343 e. The maximum Gasteiger partial charge on any atom is 0.252 e. The van der Waals surface area contributed by atoms with Crippen LogP contribution in [0.5, 0.6) is 0 Å². The molecule has 1 amide bonds. The Labute approximate surface area is 137 Å². The van der Waals surface area contributed by atoms with E-state index >= 15 is 0 Å². The Hall–Kier alpha value is -1.78. The van der Waals surface area contributed by atoms with E-state index in [1.165, 1.54) is 10.6 Å². The van der Waals surface area contributed by atoms with Crippen LogP contribution >= 0.6 is 23.2 Å². The van der Waals surface area contributed by atoms with E-state index in [9.17, 15) is 9.59 Å². The molecule has 4 nitrogen and oxygen atoms in total. The maximum absolute atomic E-state index is 12.4. The van der Waals surface area contributed by atoms with Crippen LogP contribution in [0.1, 0.15) is 28.8 Å². The van der Waals surface area contributed by atoms with Gasteiger partial charge in [0.2, 0.25) is 0 Å². The molecule has 1 heterocycles. The van der Waals surface area contributed by atoms with Gasteiger partial charge in [0.05, 0.1) is 15.6 Å². The van der Waals surface area contributed by atoms with Gasteiger partial charge in [-0.2, -0.15) is 0 Å². The Morgan fingerprint density at radius 2 is 1.91 bits per heavy atom. The molecule has 114 valence electrons. The van der Waals surface area contributed by atoms with Crippen molar-refractivity contribution in [3.8, 4) is 0 Å². The normalized spacial score (nSPS) is 15.4. The molecule has 3 rings (SSSR count). The van der Waals surface area contributed by atoms with E-state index < -0.39 is 5.54 Å². The van der Waals surface area contributed by atoms with Gasteiger partial charge >= 0.3 is 0 Å². The van der Waals surface area contributed by atoms with Crippen molar-refractivity contribution in [2.75, 3.05) is 0 Å². The van der Waals surface area contributed by atoms with Crippen LogP contribution in [0.25, 0.3) is 0 Å². The van der Waals surface area contributed by atoms with Crippen LogP contribution in [-0.4, -0.2) is 10.5 Å². The summed E-state index contributed by atoms with van der Waals surface area (Å²) in [7, 11) is 1.64. The van der Waals surface area contributed by atoms with Crippen molar-refractivity contribution in [2.45, 2.75) is 18.4 Å². The summed E-state index contributed by atoms with van der Waals surface area (Å²) in [5, 5.41) is 3.96. The van der Waals surface area contributed by atoms with E-state index in [0.29, 0.717) is 15.6 Å². The molecule has 6 heteroatoms. The number of nitrogens with zero attached hydrogens (tertiary/aromatic N) is 1. The lowest BCUT2D eigenvalue weighted by Crippen LogP contribution is -2.35. The topological polar surface area (TPSA) is 51.1 Å². The lowest BCUT2D eigenvalue weighted by molar-refractivity contribution is 0.0930. The van der Waals surface area contributed by atoms with Crippen molar-refractivity contribution in [1.29, 1.82) is 0 Å². The van der Waals surface area contributed by atoms with Crippen LogP contribution in [-0.2, 0) is 12.6 Å². The highest BCUT2D eigenvalue weighted by Gasteiger charge is 2.46. The van der Waals surface area contributed by atoms with Crippen LogP contribution in [0.4, 0.5) is 0 Å². The summed E-state index contributed by atoms with van der Waals surface area (Å²) in [4.78, 5) is 24.0. The van der Waals surface area contributed by atoms with Crippen LogP contribution in [0.3, 0.4) is 0 Å². The van der Waals surface area contributed by atoms with Crippen molar-refractivity contribution >= 4 is 29.1 Å². The first-order valence-corrected chi connectivity index (χ1v) is 7.62. The summed E-state index contributed by atoms with van der Waals surface area (Å²) in [5.74, 6) is -0.263. The Balaban J connectivity index is 1.85. The zero-order chi connectivity index (χ0) is 15.9. The average molecular weight is 337 g/mol. The monoisotopic (exact) mass is 336 g/mol. The highest BCUT2D eigenvalue weighted by Crippen LogP contribution is 2.46. The number of aromatic nitrogens is 1. The number of benzene rings is 1. The third-order valence-electron chi connectivity index (χ3n) is 3.94. The Bertz CT molecular complexity index is 810. The maximum atomic E-state index is 12.4. The second-order valence-electron chi connectivity index (χ2n) is 5.53. The van der Waals surface area contributed by atoms with E-state index in [1.54, 1.807) is 31.4 Å². The van der Waals surface area contributed by atoms with E-state index in [2.05, 4.69) is 5.32 Å². The van der Waals surface area contributed by atoms with E-state index in [1.807, 2.05) is 6.07 Å². The van der Waals surface area contributed by atoms with Gasteiger partial charge in [0.25, 0.3) is 11.5 Å². The minimum absolute atomic E-state index is 0.216. The molecule has 2 aromatic rings. The predicted octanol–water partition coefficient (Wildman–Crippen LogP) is 3.11. The quantitative estimate of drug-likeness (QED) is 0.936. The van der Waals surface area contributed by atoms with Crippen LogP contribution in [0.2, 0.25) is 10.0 Å². The molecule has 1 aliphatic rings. The number of pyridine rings is 1. The Morgan fingerprint density at radius 1 is 1.18 bits per heavy atom. The second-order valence-corrected chi connectivity index (χ2v) is 6.34. The lowest BCUT2D eigenvalue weighted by atomic mass is 10.0. The Kier molecular flexibility index (Phi) is 3.75. The number of halogens is 2. The van der Waals surface area contributed by atoms with Gasteiger partial charge in [-0.15, -0.1) is 0 Å². The fourth-order valence-electron chi connectivity index (χ4n) is 2.38. The minimum Gasteiger partial charge on any atom is -0.343 e. The van der Waals surface area contributed by atoms with E-state index in [0.717, 1.165) is 18.4 Å². The highest BCUT2D eigenvalue weighted by molar-refractivity contribution is 6.42. The van der Waals surface area contributed by atoms with Gasteiger partial charge in [0, 0.05) is 24.9 Å². The number of hydrogen-bond acceptors (Lipinski definition) is 2. The van der Waals surface area contributed by atoms with Crippen molar-refractivity contribution in [1.82, 2.24) is 9.88 Å². The summed E-state index contributed by atoms with van der Waals surface area (Å²) in [6, 6.07) is 8.33. The number of carbonyl (C=O) groups is 1. The molecule has 1 N–H and O–H groups in total. The van der Waals surface area contributed by atoms with Gasteiger partial charge < -0.3 is 9.88 Å². The molecule has 1 aliphatic carbocycles. The molecule has 0 bridgehead atoms. The molecule has 0 radical (unpaired) electrons. The van der Waals surface area contributed by atoms with Crippen molar-refractivity contribution in [3.05, 3.63) is 68.1 Å². The van der Waals surface area contributed by atoms with Gasteiger partial charge in [-0.05, 0) is 36.6 Å². The van der Waals surface area contributed by atoms with Gasteiger partial charge in [-0.3, -0.25) is 9.59 Å². The van der Waals surface area contributed by atoms with Gasteiger partial charge in [-0.1, -0.05) is 29.3 Å². The zero-order valence-corrected chi connectivity index (χ0v) is 13.4. The minimum atomic E-state index is -0.410. The van der Waals surface area contributed by atoms with Crippen LogP contribution in [0.15, 0.2) is 41.3 Å². The summed E-state index contributed by atoms with van der Waals surface area (Å²) >= 11 is 12.0. The van der Waals surface area contributed by atoms with Crippen molar-refractivity contribution in [3.63, 3.8) is 0 Å². The smallest absolute Gasteiger partial charge is 0.252 e. The van der Waals surface area contributed by atoms with Gasteiger partial charge in [0.1, 0.15) is 0 Å². The van der Waals surface area contributed by atoms with Gasteiger partial charge in [0.15, 0.2) is 0 Å². The third-order valence-corrected chi connectivity index (χ3v) is 4.68. The molecule has 1 fully saturated rings. The van der Waals surface area contributed by atoms with Crippen LogP contribution < -0.4 is 10.9 Å². The average Bonchev–Trinajstić information content (AvgIpc) is 3.25. The first-order valence-electron chi connectivity index (χ1n) is 6.86. The molecule has 0 unspecified atom stereocenters. The molecule has 0 aliphatic heterocycles. The summed E-state index contributed by atoms with van der Waals surface area (Å²) in [5.41, 5.74) is 0.660. The van der Waals surface area contributed by atoms with Crippen molar-refractivity contribution in [2.24, 2.45) is 7.05 Å². The summed E-state index contributed by atoms with van der Waals surface area (Å²) in [6.07, 6.45) is 3.25. The molecule has 0 saturated heterocycles. The van der Waals surface area contributed by atoms with Crippen LogP contribution in [0, 0.1) is 0 Å². The zero-order valence-electron chi connectivity index (χ0n) is 11.9. The number of carbonyl (C=O) groups excluding carboxylic acids is 1. The molecule has 0 atom stereocenters. The molecule has 1 aromatic carbocycles. The van der Waals surface area contributed by atoms with Gasteiger partial charge in [-0.25, -0.2) is 0 Å². The fourth-order valence-corrected chi connectivity index (χ4v) is 2.68. The molecule has 0 spiro atoms. The number of amides is 1. The Morgan fingerprint density at radius 3 is 2.50 bits per heavy atom. The summed E-state index contributed by atoms with van der Waals surface area (Å²) in [6.45, 7) is 0. The third kappa shape index (κ3) is 2.76. The van der Waals surface area contributed by atoms with Crippen molar-refractivity contribution < 1.29 is 4.79 Å². The number of hydrogen-bond donors (Lipinski definition) is 1. The SMILES string of the molecule is Cn1ccc(C(=O)NC2(c3ccc(Cl)c(Cl)c3)CC2)cc1=O. The van der Waals surface area contributed by atoms with E-state index in [4.69, 9.17) is 23.2 Å². The molecular formula is C16H14Cl2N2O2. The number of nitrogens with one attached hydrogen (secondary N) is 1. The number of aryl methyl sites for hydroxylation is 1. The standard InChI is InChI=1S/C16H14Cl2N2O2/c1-20-7-4-10(8-14(20)21)15(22)19-16(5-6-16)11-2-3-12(17)13(18)9-11/h2-4,7-9H,5-6H2,1H3,(H,19,22). The predicted molar refractivity (Wildman–Crippen MR) is 86.5 cm³/mol. The number of rotatable bonds is 3. The second kappa shape index (κ2) is 5.45. The van der Waals surface area contributed by atoms with E-state index in [-0.39, 0.29) is 11.5 Å². The highest BCUT2D eigenvalue weighted by atomic mass is 35.5. The summed E-state index contributed by atoms with van der Waals surface area (Å²) < 4.78 is 1.42. The fraction of sp³-hybridized carbons (Fsp3) is 0.250. The lowest BCUT2D eigenvalue weighted by Gasteiger charge is -2.18. The molecule has 1 aromatic heterocycles. The molecule has 22 heavy (non-hydrogen) atoms. The molecule has 1 saturated carbocycles. The molecular weight excluding hydrogens is 323 g/mol. The first kappa shape index (κ1) is 15.1. The first-order chi connectivity index (χ1) is 10.4.